The van der Waals surface area contributed by atoms with Crippen molar-refractivity contribution in [2.24, 2.45) is 0 Å². The Morgan fingerprint density at radius 3 is 2.41 bits per heavy atom. The van der Waals surface area contributed by atoms with Gasteiger partial charge in [-0.1, -0.05) is 20.3 Å². The topological polar surface area (TPSA) is 21.7 Å². The van der Waals surface area contributed by atoms with E-state index in [0.29, 0.717) is 6.42 Å². The Balaban J connectivity index is 2.97. The molecule has 0 aromatic carbocycles. The molecule has 1 heterocycles. The predicted molar refractivity (Wildman–Crippen MR) is 69.9 cm³/mol. The Bertz CT molecular complexity index is 229. The second-order valence-electron chi connectivity index (χ2n) is 4.75. The number of piperidine rings is 1. The molecule has 17 heavy (non-hydrogen) atoms. The summed E-state index contributed by atoms with van der Waals surface area (Å²) >= 11 is 0. The number of hydrogen-bond donors (Lipinski definition) is 0. The summed E-state index contributed by atoms with van der Waals surface area (Å²) < 4.78 is 25.3. The largest absolute Gasteiger partial charge is 0.399 e. The summed E-state index contributed by atoms with van der Waals surface area (Å²) in [4.78, 5) is 2.01. The molecule has 2 unspecified atom stereocenters. The van der Waals surface area contributed by atoms with Crippen LogP contribution >= 0.6 is 0 Å². The minimum absolute atomic E-state index is 0.169. The molecule has 0 N–H and O–H groups in total. The molecule has 0 aromatic rings. The highest BCUT2D eigenvalue weighted by Gasteiger charge is 2.49. The molecule has 0 bridgehead atoms. The van der Waals surface area contributed by atoms with Crippen LogP contribution < -0.4 is 0 Å². The zero-order chi connectivity index (χ0) is 12.9. The molecule has 1 fully saturated rings. The van der Waals surface area contributed by atoms with Gasteiger partial charge in [-0.3, -0.25) is 4.90 Å². The van der Waals surface area contributed by atoms with Crippen molar-refractivity contribution in [2.45, 2.75) is 57.4 Å². The minimum Gasteiger partial charge on any atom is -0.399 e. The summed E-state index contributed by atoms with van der Waals surface area (Å²) in [5, 5.41) is -0.169. The predicted octanol–water partition coefficient (Wildman–Crippen LogP) is 2.38. The van der Waals surface area contributed by atoms with E-state index in [2.05, 4.69) is 6.92 Å². The monoisotopic (exact) mass is 263 g/mol. The number of hydrogen-bond acceptors (Lipinski definition) is 3. The van der Waals surface area contributed by atoms with Gasteiger partial charge in [-0.05, 0) is 25.7 Å². The van der Waals surface area contributed by atoms with Gasteiger partial charge in [0.2, 0.25) is 0 Å². The van der Waals surface area contributed by atoms with Crippen LogP contribution in [0, 0.1) is 0 Å². The van der Waals surface area contributed by atoms with E-state index in [4.69, 9.17) is 8.85 Å². The van der Waals surface area contributed by atoms with Crippen LogP contribution in [0.2, 0.25) is 0 Å². The number of halogens is 1. The quantitative estimate of drug-likeness (QED) is 0.542. The van der Waals surface area contributed by atoms with E-state index in [1.165, 1.54) is 0 Å². The fourth-order valence-electron chi connectivity index (χ4n) is 3.05. The van der Waals surface area contributed by atoms with Crippen molar-refractivity contribution >= 4 is 9.28 Å². The van der Waals surface area contributed by atoms with E-state index in [9.17, 15) is 4.39 Å². The Hall–Kier alpha value is 0.0269. The first-order valence-corrected chi connectivity index (χ1v) is 8.14. The Morgan fingerprint density at radius 1 is 1.29 bits per heavy atom. The zero-order valence-electron chi connectivity index (χ0n) is 11.5. The van der Waals surface area contributed by atoms with Crippen molar-refractivity contribution in [2.75, 3.05) is 20.8 Å². The smallest absolute Gasteiger partial charge is 0.342 e. The lowest BCUT2D eigenvalue weighted by Crippen LogP contribution is -2.64. The first-order valence-electron chi connectivity index (χ1n) is 6.62. The number of rotatable bonds is 6. The second kappa shape index (κ2) is 6.83. The molecule has 0 spiro atoms. The van der Waals surface area contributed by atoms with Gasteiger partial charge >= 0.3 is 9.28 Å². The molecule has 1 aliphatic heterocycles. The van der Waals surface area contributed by atoms with Crippen molar-refractivity contribution in [1.29, 1.82) is 0 Å². The van der Waals surface area contributed by atoms with E-state index < -0.39 is 15.6 Å². The van der Waals surface area contributed by atoms with Gasteiger partial charge in [0.05, 0.1) is 5.16 Å². The lowest BCUT2D eigenvalue weighted by Gasteiger charge is -2.50. The zero-order valence-corrected chi connectivity index (χ0v) is 12.7. The van der Waals surface area contributed by atoms with Crippen LogP contribution in [0.5, 0.6) is 0 Å². The molecule has 1 saturated heterocycles. The molecule has 0 amide bonds. The van der Waals surface area contributed by atoms with E-state index >= 15 is 0 Å². The van der Waals surface area contributed by atoms with Gasteiger partial charge in [-0.15, -0.1) is 0 Å². The Labute approximate surface area is 106 Å². The van der Waals surface area contributed by atoms with Crippen LogP contribution in [0.15, 0.2) is 0 Å². The highest BCUT2D eigenvalue weighted by molar-refractivity contribution is 6.48. The summed E-state index contributed by atoms with van der Waals surface area (Å²) in [7, 11) is 1.55. The van der Waals surface area contributed by atoms with E-state index in [-0.39, 0.29) is 5.16 Å². The molecule has 1 rings (SSSR count). The number of likely N-dealkylation sites (tertiary alicyclic amines) is 1. The van der Waals surface area contributed by atoms with Crippen molar-refractivity contribution in [3.05, 3.63) is 0 Å². The van der Waals surface area contributed by atoms with Crippen LogP contribution in [0.4, 0.5) is 4.39 Å². The van der Waals surface area contributed by atoms with E-state index in [1.807, 2.05) is 11.8 Å². The van der Waals surface area contributed by atoms with Crippen molar-refractivity contribution in [3.8, 4) is 0 Å². The third-order valence-electron chi connectivity index (χ3n) is 3.98. The summed E-state index contributed by atoms with van der Waals surface area (Å²) in [5.41, 5.74) is 0. The lowest BCUT2D eigenvalue weighted by atomic mass is 9.98. The van der Waals surface area contributed by atoms with Crippen LogP contribution in [0.1, 0.15) is 46.0 Å². The highest BCUT2D eigenvalue weighted by atomic mass is 28.3. The lowest BCUT2D eigenvalue weighted by molar-refractivity contribution is -0.0284. The molecule has 0 aliphatic carbocycles. The number of nitrogens with zero attached hydrogens (tertiary/aromatic N) is 1. The van der Waals surface area contributed by atoms with Gasteiger partial charge in [0.1, 0.15) is 0 Å². The fourth-order valence-corrected chi connectivity index (χ4v) is 5.46. The molecule has 0 aromatic heterocycles. The fraction of sp³-hybridized carbons (Fsp3) is 1.00. The van der Waals surface area contributed by atoms with Gasteiger partial charge in [-0.2, -0.15) is 0 Å². The van der Waals surface area contributed by atoms with Crippen molar-refractivity contribution < 1.29 is 13.2 Å². The average Bonchev–Trinajstić information content (AvgIpc) is 2.39. The van der Waals surface area contributed by atoms with Gasteiger partial charge < -0.3 is 8.85 Å². The maximum Gasteiger partial charge on any atom is 0.342 e. The Kier molecular flexibility index (Phi) is 6.06. The van der Waals surface area contributed by atoms with Gasteiger partial charge in [0, 0.05) is 20.8 Å². The molecule has 3 nitrogen and oxygen atoms in total. The van der Waals surface area contributed by atoms with Crippen molar-refractivity contribution in [3.63, 3.8) is 0 Å². The van der Waals surface area contributed by atoms with Gasteiger partial charge in [0.25, 0.3) is 0 Å². The molecule has 2 atom stereocenters. The molecular weight excluding hydrogens is 237 g/mol. The molecular formula is C12H26FNO2Si. The molecule has 0 radical (unpaired) electrons. The highest BCUT2D eigenvalue weighted by Crippen LogP contribution is 2.36. The maximum absolute atomic E-state index is 14.2. The Morgan fingerprint density at radius 2 is 1.94 bits per heavy atom. The summed E-state index contributed by atoms with van der Waals surface area (Å²) in [6.45, 7) is 4.85. The van der Waals surface area contributed by atoms with Crippen LogP contribution in [-0.4, -0.2) is 46.4 Å². The first-order chi connectivity index (χ1) is 8.16. The minimum atomic E-state index is -1.85. The van der Waals surface area contributed by atoms with Crippen molar-refractivity contribution in [1.82, 2.24) is 4.90 Å². The SMILES string of the molecule is CCC(F)N1CCCCC1(CC)[SiH](OC)OC. The third-order valence-corrected chi connectivity index (χ3v) is 6.75. The molecule has 1 aliphatic rings. The van der Waals surface area contributed by atoms with Crippen LogP contribution in [0.3, 0.4) is 0 Å². The second-order valence-corrected chi connectivity index (χ2v) is 7.44. The molecule has 5 heteroatoms. The summed E-state index contributed by atoms with van der Waals surface area (Å²) in [6, 6.07) is 0. The van der Waals surface area contributed by atoms with Gasteiger partial charge in [0.15, 0.2) is 6.30 Å². The summed E-state index contributed by atoms with van der Waals surface area (Å²) in [5.74, 6) is 0. The third kappa shape index (κ3) is 2.89. The van der Waals surface area contributed by atoms with E-state index in [0.717, 1.165) is 32.2 Å². The average molecular weight is 263 g/mol. The number of alkyl halides is 1. The van der Waals surface area contributed by atoms with Crippen LogP contribution in [0.25, 0.3) is 0 Å². The van der Waals surface area contributed by atoms with Crippen LogP contribution in [-0.2, 0) is 8.85 Å². The van der Waals surface area contributed by atoms with E-state index in [1.54, 1.807) is 14.2 Å². The molecule has 102 valence electrons. The first kappa shape index (κ1) is 15.1. The normalized spacial score (nSPS) is 28.6. The van der Waals surface area contributed by atoms with Gasteiger partial charge in [-0.25, -0.2) is 4.39 Å². The molecule has 0 saturated carbocycles. The maximum atomic E-state index is 14.2. The standard InChI is InChI=1S/C12H26FNO2Si/c1-5-11(13)14-10-8-7-9-12(14,6-2)17(15-3)16-4/h11,17H,5-10H2,1-4H3. The summed E-state index contributed by atoms with van der Waals surface area (Å²) in [6.07, 6.45) is 3.81.